The lowest BCUT2D eigenvalue weighted by atomic mass is 9.98. The Bertz CT molecular complexity index is 1650. The number of nitriles is 1. The van der Waals surface area contributed by atoms with Crippen molar-refractivity contribution in [1.82, 2.24) is 20.3 Å². The zero-order chi connectivity index (χ0) is 36.2. The second-order valence-corrected chi connectivity index (χ2v) is 12.6. The third kappa shape index (κ3) is 10.3. The molecular weight excluding hydrogens is 660 g/mol. The fraction of sp³-hybridized carbons (Fsp3) is 0.556. The summed E-state index contributed by atoms with van der Waals surface area (Å²) in [5.74, 6) is -0.439. The van der Waals surface area contributed by atoms with E-state index < -0.39 is 36.6 Å². The maximum absolute atomic E-state index is 12.8. The molecule has 15 nitrogen and oxygen atoms in total. The van der Waals surface area contributed by atoms with Crippen molar-refractivity contribution in [2.75, 3.05) is 64.7 Å². The molecule has 2 saturated heterocycles. The predicted molar refractivity (Wildman–Crippen MR) is 186 cm³/mol. The van der Waals surface area contributed by atoms with Gasteiger partial charge >= 0.3 is 0 Å². The van der Waals surface area contributed by atoms with Crippen molar-refractivity contribution < 1.29 is 43.8 Å². The van der Waals surface area contributed by atoms with Crippen LogP contribution in [0.15, 0.2) is 48.2 Å². The van der Waals surface area contributed by atoms with E-state index in [9.17, 15) is 25.4 Å². The van der Waals surface area contributed by atoms with E-state index in [-0.39, 0.29) is 31.9 Å². The van der Waals surface area contributed by atoms with Crippen molar-refractivity contribution in [2.24, 2.45) is 0 Å². The number of allylic oxidation sites excluding steroid dienone is 1. The lowest BCUT2D eigenvalue weighted by molar-refractivity contribution is -0.292. The van der Waals surface area contributed by atoms with E-state index in [4.69, 9.17) is 23.7 Å². The Morgan fingerprint density at radius 2 is 1.67 bits per heavy atom. The van der Waals surface area contributed by atoms with Gasteiger partial charge in [0.25, 0.3) is 5.91 Å². The largest absolute Gasteiger partial charge is 0.388 e. The van der Waals surface area contributed by atoms with Crippen LogP contribution in [0.1, 0.15) is 37.4 Å². The van der Waals surface area contributed by atoms with Crippen molar-refractivity contribution in [2.45, 2.75) is 70.0 Å². The maximum Gasteiger partial charge on any atom is 0.262 e. The van der Waals surface area contributed by atoms with Crippen LogP contribution in [0.2, 0.25) is 0 Å². The van der Waals surface area contributed by atoms with E-state index >= 15 is 0 Å². The first-order valence-corrected chi connectivity index (χ1v) is 17.3. The second kappa shape index (κ2) is 19.0. The van der Waals surface area contributed by atoms with Crippen LogP contribution in [0.3, 0.4) is 0 Å². The molecule has 0 radical (unpaired) electrons. The van der Waals surface area contributed by atoms with Gasteiger partial charge in [0.05, 0.1) is 52.4 Å². The smallest absolute Gasteiger partial charge is 0.262 e. The Hall–Kier alpha value is -3.98. The van der Waals surface area contributed by atoms with Gasteiger partial charge in [0.15, 0.2) is 6.29 Å². The van der Waals surface area contributed by atoms with Crippen LogP contribution in [0, 0.1) is 11.3 Å². The zero-order valence-corrected chi connectivity index (χ0v) is 29.1. The number of aliphatic hydroxyl groups excluding tert-OH is 3. The van der Waals surface area contributed by atoms with Gasteiger partial charge in [-0.05, 0) is 66.3 Å². The highest BCUT2D eigenvalue weighted by Gasteiger charge is 2.44. The minimum absolute atomic E-state index is 0.0722. The Kier molecular flexibility index (Phi) is 14.3. The molecule has 1 amide bonds. The van der Waals surface area contributed by atoms with Crippen LogP contribution in [-0.2, 0) is 41.6 Å². The van der Waals surface area contributed by atoms with Gasteiger partial charge in [-0.15, -0.1) is 5.10 Å². The number of hydrogen-bond donors (Lipinski definition) is 4. The number of rotatable bonds is 17. The number of anilines is 1. The number of carbonyl (C=O) groups excluding carboxylic acids is 1. The number of hydrogen-bond acceptors (Lipinski definition) is 13. The van der Waals surface area contributed by atoms with Crippen LogP contribution >= 0.6 is 0 Å². The highest BCUT2D eigenvalue weighted by molar-refractivity contribution is 6.05. The Balaban J connectivity index is 0.941. The van der Waals surface area contributed by atoms with Crippen molar-refractivity contribution in [3.05, 3.63) is 59.4 Å². The van der Waals surface area contributed by atoms with Crippen molar-refractivity contribution in [1.29, 1.82) is 5.26 Å². The van der Waals surface area contributed by atoms with Gasteiger partial charge in [-0.3, -0.25) is 4.79 Å². The molecule has 5 atom stereocenters. The third-order valence-electron chi connectivity index (χ3n) is 9.07. The zero-order valence-electron chi connectivity index (χ0n) is 29.1. The standard InChI is InChI=1S/C36H48N6O9/c1-24(25-6-7-27-19-29(9-8-26(27)18-25)41-11-4-3-5-12-41)30(20-37)35(46)38-10-13-48-14-15-49-16-17-50-23-28-21-42(40-39-28)22-31-32(43)33(44)34(45)36(47-2)51-31/h6-9,18-19,21,31-34,36,43-45H,3-5,10-17,22-23H2,1-2H3,(H,38,46)/b30-24-/t31-,32-,33+,34-,36+/m1/s1. The summed E-state index contributed by atoms with van der Waals surface area (Å²) >= 11 is 0. The number of nitrogens with zero attached hydrogens (tertiary/aromatic N) is 5. The number of aromatic nitrogens is 3. The van der Waals surface area contributed by atoms with Gasteiger partial charge in [0, 0.05) is 32.4 Å². The Morgan fingerprint density at radius 1 is 0.961 bits per heavy atom. The number of aliphatic hydroxyl groups is 3. The number of nitrogens with one attached hydrogen (secondary N) is 1. The summed E-state index contributed by atoms with van der Waals surface area (Å²) in [7, 11) is 1.34. The fourth-order valence-electron chi connectivity index (χ4n) is 6.15. The number of fused-ring (bicyclic) bond motifs is 1. The van der Waals surface area contributed by atoms with Gasteiger partial charge in [-0.25, -0.2) is 4.68 Å². The lowest BCUT2D eigenvalue weighted by Gasteiger charge is -2.39. The van der Waals surface area contributed by atoms with Crippen LogP contribution < -0.4 is 10.2 Å². The molecule has 1 aromatic heterocycles. The normalized spacial score (nSPS) is 22.8. The van der Waals surface area contributed by atoms with Crippen molar-refractivity contribution in [3.63, 3.8) is 0 Å². The molecule has 3 heterocycles. The number of benzene rings is 2. The molecule has 0 aliphatic carbocycles. The molecule has 2 aliphatic heterocycles. The van der Waals surface area contributed by atoms with E-state index in [2.05, 4.69) is 44.8 Å². The van der Waals surface area contributed by atoms with E-state index in [1.807, 2.05) is 18.2 Å². The minimum Gasteiger partial charge on any atom is -0.388 e. The van der Waals surface area contributed by atoms with Gasteiger partial charge in [-0.2, -0.15) is 5.26 Å². The monoisotopic (exact) mass is 708 g/mol. The number of piperidine rings is 1. The van der Waals surface area contributed by atoms with Gasteiger partial charge < -0.3 is 49.2 Å². The summed E-state index contributed by atoms with van der Waals surface area (Å²) in [5.41, 5.74) is 3.31. The molecule has 276 valence electrons. The first kappa shape index (κ1) is 38.3. The molecule has 2 fully saturated rings. The number of methoxy groups -OCH3 is 1. The third-order valence-corrected chi connectivity index (χ3v) is 9.07. The highest BCUT2D eigenvalue weighted by Crippen LogP contribution is 2.28. The first-order valence-electron chi connectivity index (χ1n) is 17.3. The lowest BCUT2D eigenvalue weighted by Crippen LogP contribution is -2.58. The molecule has 4 N–H and O–H groups in total. The SMILES string of the molecule is CO[C@H]1O[C@H](Cn2cc(COCCOCCOCCNC(=O)/C(C#N)=C(/C)c3ccc4cc(N5CCCCC5)ccc4c3)nn2)[C@@H](O)[C@H](O)[C@H]1O. The van der Waals surface area contributed by atoms with E-state index in [1.54, 1.807) is 13.1 Å². The summed E-state index contributed by atoms with van der Waals surface area (Å²) < 4.78 is 28.7. The molecular formula is C36H48N6O9. The first-order chi connectivity index (χ1) is 24.8. The van der Waals surface area contributed by atoms with Gasteiger partial charge in [-0.1, -0.05) is 23.4 Å². The molecule has 0 unspecified atom stereocenters. The molecule has 3 aromatic rings. The Labute approximate surface area is 297 Å². The topological polar surface area (TPSA) is 194 Å². The fourth-order valence-corrected chi connectivity index (χ4v) is 6.15. The molecule has 15 heteroatoms. The number of carbonyl (C=O) groups is 1. The molecule has 51 heavy (non-hydrogen) atoms. The summed E-state index contributed by atoms with van der Waals surface area (Å²) in [6.07, 6.45) is -0.657. The highest BCUT2D eigenvalue weighted by atomic mass is 16.7. The van der Waals surface area contributed by atoms with E-state index in [1.165, 1.54) is 36.7 Å². The molecule has 5 rings (SSSR count). The van der Waals surface area contributed by atoms with E-state index in [0.29, 0.717) is 37.7 Å². The molecule has 0 saturated carbocycles. The quantitative estimate of drug-likeness (QED) is 0.0898. The average molecular weight is 709 g/mol. The summed E-state index contributed by atoms with van der Waals surface area (Å²) in [5, 5.41) is 52.9. The number of ether oxygens (including phenoxy) is 5. The maximum atomic E-state index is 12.8. The second-order valence-electron chi connectivity index (χ2n) is 12.6. The van der Waals surface area contributed by atoms with E-state index in [0.717, 1.165) is 29.4 Å². The predicted octanol–water partition coefficient (Wildman–Crippen LogP) is 1.54. The molecule has 2 aliphatic rings. The summed E-state index contributed by atoms with van der Waals surface area (Å²) in [6.45, 7) is 6.06. The van der Waals surface area contributed by atoms with Gasteiger partial charge in [0.1, 0.15) is 41.8 Å². The van der Waals surface area contributed by atoms with Crippen molar-refractivity contribution in [3.8, 4) is 6.07 Å². The summed E-state index contributed by atoms with van der Waals surface area (Å²) in [4.78, 5) is 15.2. The van der Waals surface area contributed by atoms with Crippen molar-refractivity contribution >= 4 is 27.9 Å². The Morgan fingerprint density at radius 3 is 2.41 bits per heavy atom. The van der Waals surface area contributed by atoms with Gasteiger partial charge in [0.2, 0.25) is 0 Å². The van der Waals surface area contributed by atoms with Crippen LogP contribution in [0.4, 0.5) is 5.69 Å². The molecule has 0 spiro atoms. The van der Waals surface area contributed by atoms with Crippen LogP contribution in [0.5, 0.6) is 0 Å². The average Bonchev–Trinajstić information content (AvgIpc) is 3.61. The molecule has 0 bridgehead atoms. The minimum atomic E-state index is -1.42. The summed E-state index contributed by atoms with van der Waals surface area (Å²) in [6, 6.07) is 14.6. The van der Waals surface area contributed by atoms with Crippen LogP contribution in [0.25, 0.3) is 16.3 Å². The number of amides is 1. The van der Waals surface area contributed by atoms with Crippen LogP contribution in [-0.4, -0.2) is 127 Å². The molecule has 2 aromatic carbocycles.